The minimum atomic E-state index is -3.63. The summed E-state index contributed by atoms with van der Waals surface area (Å²) in [6.45, 7) is 0. The average molecular weight is 416 g/mol. The zero-order valence-corrected chi connectivity index (χ0v) is 16.4. The lowest BCUT2D eigenvalue weighted by Crippen LogP contribution is -2.26. The van der Waals surface area contributed by atoms with Crippen LogP contribution in [-0.4, -0.2) is 24.9 Å². The number of hydrogen-bond donors (Lipinski definition) is 2. The van der Waals surface area contributed by atoms with E-state index in [1.165, 1.54) is 12.1 Å². The highest BCUT2D eigenvalue weighted by Crippen LogP contribution is 2.26. The normalized spacial score (nSPS) is 14.0. The molecule has 2 N–H and O–H groups in total. The molecule has 28 heavy (non-hydrogen) atoms. The smallest absolute Gasteiger partial charge is 0.255 e. The van der Waals surface area contributed by atoms with Gasteiger partial charge in [-0.05, 0) is 61.4 Å². The van der Waals surface area contributed by atoms with Crippen LogP contribution in [0.4, 0.5) is 5.69 Å². The Morgan fingerprint density at radius 3 is 2.50 bits per heavy atom. The number of aromatic nitrogens is 1. The standard InChI is InChI=1S/C20H18ClN3O3S/c21-15-6-9-18(19(13-15)24-10-1-2-11-24)22-20(25)14-4-3-5-17(12-14)28(26,27)23-16-7-8-16/h1-6,9-13,16,23H,7-8H2,(H,22,25). The number of rotatable bonds is 6. The van der Waals surface area contributed by atoms with E-state index in [4.69, 9.17) is 11.6 Å². The van der Waals surface area contributed by atoms with Crippen molar-refractivity contribution in [3.05, 3.63) is 77.6 Å². The van der Waals surface area contributed by atoms with E-state index in [-0.39, 0.29) is 16.5 Å². The van der Waals surface area contributed by atoms with Gasteiger partial charge in [0.05, 0.1) is 16.3 Å². The highest BCUT2D eigenvalue weighted by atomic mass is 35.5. The third kappa shape index (κ3) is 4.11. The van der Waals surface area contributed by atoms with Gasteiger partial charge in [-0.3, -0.25) is 4.79 Å². The minimum Gasteiger partial charge on any atom is -0.322 e. The Morgan fingerprint density at radius 1 is 1.04 bits per heavy atom. The molecule has 1 saturated carbocycles. The van der Waals surface area contributed by atoms with Crippen LogP contribution in [0.2, 0.25) is 5.02 Å². The van der Waals surface area contributed by atoms with Crippen molar-refractivity contribution in [2.75, 3.05) is 5.32 Å². The molecule has 0 radical (unpaired) electrons. The molecule has 4 rings (SSSR count). The summed E-state index contributed by atoms with van der Waals surface area (Å²) in [5.41, 5.74) is 1.53. The van der Waals surface area contributed by atoms with E-state index in [9.17, 15) is 13.2 Å². The predicted octanol–water partition coefficient (Wildman–Crippen LogP) is 3.82. The van der Waals surface area contributed by atoms with Gasteiger partial charge in [-0.2, -0.15) is 0 Å². The Hall–Kier alpha value is -2.61. The van der Waals surface area contributed by atoms with Crippen LogP contribution >= 0.6 is 11.6 Å². The Kier molecular flexibility index (Phi) is 4.97. The highest BCUT2D eigenvalue weighted by Gasteiger charge is 2.28. The second-order valence-electron chi connectivity index (χ2n) is 6.63. The fourth-order valence-corrected chi connectivity index (χ4v) is 4.32. The van der Waals surface area contributed by atoms with Crippen LogP contribution in [0.1, 0.15) is 23.2 Å². The van der Waals surface area contributed by atoms with Crippen molar-refractivity contribution in [1.82, 2.24) is 9.29 Å². The maximum Gasteiger partial charge on any atom is 0.255 e. The molecule has 144 valence electrons. The van der Waals surface area contributed by atoms with Crippen molar-refractivity contribution in [3.8, 4) is 5.69 Å². The summed E-state index contributed by atoms with van der Waals surface area (Å²) in [6, 6.07) is 14.9. The molecule has 0 spiro atoms. The third-order valence-corrected chi connectivity index (χ3v) is 6.15. The Labute approximate surface area is 168 Å². The highest BCUT2D eigenvalue weighted by molar-refractivity contribution is 7.89. The summed E-state index contributed by atoms with van der Waals surface area (Å²) < 4.78 is 29.3. The topological polar surface area (TPSA) is 80.2 Å². The second-order valence-corrected chi connectivity index (χ2v) is 8.78. The summed E-state index contributed by atoms with van der Waals surface area (Å²) >= 11 is 6.11. The number of nitrogens with zero attached hydrogens (tertiary/aromatic N) is 1. The molecule has 1 aromatic heterocycles. The van der Waals surface area contributed by atoms with Gasteiger partial charge in [0, 0.05) is 29.0 Å². The van der Waals surface area contributed by atoms with E-state index in [0.717, 1.165) is 12.8 Å². The van der Waals surface area contributed by atoms with Gasteiger partial charge in [0.15, 0.2) is 0 Å². The van der Waals surface area contributed by atoms with Gasteiger partial charge >= 0.3 is 0 Å². The van der Waals surface area contributed by atoms with Gasteiger partial charge in [-0.15, -0.1) is 0 Å². The van der Waals surface area contributed by atoms with Crippen LogP contribution < -0.4 is 10.0 Å². The fraction of sp³-hybridized carbons (Fsp3) is 0.150. The minimum absolute atomic E-state index is 0.000629. The lowest BCUT2D eigenvalue weighted by molar-refractivity contribution is 0.102. The van der Waals surface area contributed by atoms with E-state index < -0.39 is 15.9 Å². The molecule has 1 aliphatic carbocycles. The summed E-state index contributed by atoms with van der Waals surface area (Å²) in [4.78, 5) is 12.8. The fourth-order valence-electron chi connectivity index (χ4n) is 2.81. The van der Waals surface area contributed by atoms with Crippen LogP contribution in [0.25, 0.3) is 5.69 Å². The van der Waals surface area contributed by atoms with Gasteiger partial charge in [0.2, 0.25) is 10.0 Å². The molecule has 0 aliphatic heterocycles. The zero-order valence-electron chi connectivity index (χ0n) is 14.8. The Balaban J connectivity index is 1.61. The molecule has 0 unspecified atom stereocenters. The van der Waals surface area contributed by atoms with Crippen molar-refractivity contribution in [1.29, 1.82) is 0 Å². The number of benzene rings is 2. The molecule has 1 amide bonds. The van der Waals surface area contributed by atoms with E-state index in [1.54, 1.807) is 30.3 Å². The lowest BCUT2D eigenvalue weighted by atomic mass is 10.2. The van der Waals surface area contributed by atoms with Gasteiger partial charge in [0.1, 0.15) is 0 Å². The first-order valence-electron chi connectivity index (χ1n) is 8.79. The number of amides is 1. The van der Waals surface area contributed by atoms with E-state index in [2.05, 4.69) is 10.0 Å². The largest absolute Gasteiger partial charge is 0.322 e. The second kappa shape index (κ2) is 7.43. The Morgan fingerprint density at radius 2 is 1.79 bits per heavy atom. The van der Waals surface area contributed by atoms with Crippen molar-refractivity contribution >= 4 is 33.2 Å². The number of sulfonamides is 1. The molecule has 0 saturated heterocycles. The molecule has 2 aromatic carbocycles. The number of carbonyl (C=O) groups is 1. The van der Waals surface area contributed by atoms with Crippen LogP contribution in [-0.2, 0) is 10.0 Å². The van der Waals surface area contributed by atoms with Crippen molar-refractivity contribution < 1.29 is 13.2 Å². The average Bonchev–Trinajstić information content (AvgIpc) is 3.31. The number of halogens is 1. The number of hydrogen-bond acceptors (Lipinski definition) is 3. The number of nitrogens with one attached hydrogen (secondary N) is 2. The maximum absolute atomic E-state index is 12.8. The third-order valence-electron chi connectivity index (χ3n) is 4.40. The van der Waals surface area contributed by atoms with Crippen molar-refractivity contribution in [3.63, 3.8) is 0 Å². The first kappa shape index (κ1) is 18.7. The van der Waals surface area contributed by atoms with Gasteiger partial charge < -0.3 is 9.88 Å². The number of anilines is 1. The maximum atomic E-state index is 12.8. The molecule has 0 bridgehead atoms. The quantitative estimate of drug-likeness (QED) is 0.642. The molecule has 8 heteroatoms. The van der Waals surface area contributed by atoms with Crippen LogP contribution in [0, 0.1) is 0 Å². The predicted molar refractivity (Wildman–Crippen MR) is 109 cm³/mol. The van der Waals surface area contributed by atoms with E-state index in [0.29, 0.717) is 16.4 Å². The van der Waals surface area contributed by atoms with Crippen LogP contribution in [0.5, 0.6) is 0 Å². The van der Waals surface area contributed by atoms with Crippen LogP contribution in [0.3, 0.4) is 0 Å². The first-order chi connectivity index (χ1) is 13.4. The van der Waals surface area contributed by atoms with Gasteiger partial charge in [0.25, 0.3) is 5.91 Å². The summed E-state index contributed by atoms with van der Waals surface area (Å²) in [5, 5.41) is 3.38. The van der Waals surface area contributed by atoms with Gasteiger partial charge in [-0.25, -0.2) is 13.1 Å². The molecular weight excluding hydrogens is 398 g/mol. The number of carbonyl (C=O) groups excluding carboxylic acids is 1. The molecule has 1 aliphatic rings. The zero-order chi connectivity index (χ0) is 19.7. The first-order valence-corrected chi connectivity index (χ1v) is 10.7. The Bertz CT molecular complexity index is 1120. The van der Waals surface area contributed by atoms with Crippen molar-refractivity contribution in [2.24, 2.45) is 0 Å². The van der Waals surface area contributed by atoms with Crippen molar-refractivity contribution in [2.45, 2.75) is 23.8 Å². The van der Waals surface area contributed by atoms with Gasteiger partial charge in [-0.1, -0.05) is 17.7 Å². The van der Waals surface area contributed by atoms with Crippen LogP contribution in [0.15, 0.2) is 71.9 Å². The van der Waals surface area contributed by atoms with E-state index >= 15 is 0 Å². The summed E-state index contributed by atoms with van der Waals surface area (Å²) in [7, 11) is -3.63. The molecule has 1 heterocycles. The molecule has 3 aromatic rings. The molecular formula is C20H18ClN3O3S. The summed E-state index contributed by atoms with van der Waals surface area (Å²) in [6.07, 6.45) is 5.38. The monoisotopic (exact) mass is 415 g/mol. The lowest BCUT2D eigenvalue weighted by Gasteiger charge is -2.13. The molecule has 1 fully saturated rings. The van der Waals surface area contributed by atoms with E-state index in [1.807, 2.05) is 29.1 Å². The molecule has 6 nitrogen and oxygen atoms in total. The SMILES string of the molecule is O=C(Nc1ccc(Cl)cc1-n1cccc1)c1cccc(S(=O)(=O)NC2CC2)c1. The molecule has 0 atom stereocenters. The summed E-state index contributed by atoms with van der Waals surface area (Å²) in [5.74, 6) is -0.404.